The molecule has 24 heavy (non-hydrogen) atoms. The number of ketones is 1. The van der Waals surface area contributed by atoms with Crippen molar-refractivity contribution in [2.24, 2.45) is 28.6 Å². The number of hydrogen-bond acceptors (Lipinski definition) is 3. The summed E-state index contributed by atoms with van der Waals surface area (Å²) in [6, 6.07) is 0. The molecule has 132 valence electrons. The van der Waals surface area contributed by atoms with Crippen LogP contribution in [0.3, 0.4) is 0 Å². The van der Waals surface area contributed by atoms with Crippen molar-refractivity contribution in [3.63, 3.8) is 0 Å². The van der Waals surface area contributed by atoms with E-state index in [1.54, 1.807) is 5.57 Å². The van der Waals surface area contributed by atoms with Gasteiger partial charge in [0.2, 0.25) is 0 Å². The van der Waals surface area contributed by atoms with Crippen LogP contribution in [-0.2, 0) is 14.3 Å². The van der Waals surface area contributed by atoms with Crippen LogP contribution in [0.1, 0.15) is 65.2 Å². The third-order valence-corrected chi connectivity index (χ3v) is 8.63. The van der Waals surface area contributed by atoms with E-state index in [4.69, 9.17) is 9.47 Å². The number of allylic oxidation sites excluding steroid dienone is 1. The number of fused-ring (bicyclic) bond motifs is 5. The first-order valence-corrected chi connectivity index (χ1v) is 9.98. The third-order valence-electron chi connectivity index (χ3n) is 8.63. The number of Topliss-reactive ketones (excluding diaryl/α,β-unsaturated/α-hetero) is 1. The van der Waals surface area contributed by atoms with Crippen molar-refractivity contribution >= 4 is 5.78 Å². The Bertz CT molecular complexity index is 602. The van der Waals surface area contributed by atoms with Gasteiger partial charge in [-0.25, -0.2) is 0 Å². The largest absolute Gasteiger partial charge is 0.347 e. The maximum Gasteiger partial charge on any atom is 0.172 e. The predicted molar refractivity (Wildman–Crippen MR) is 91.3 cm³/mol. The first-order valence-electron chi connectivity index (χ1n) is 9.98. The summed E-state index contributed by atoms with van der Waals surface area (Å²) in [7, 11) is 0. The fourth-order valence-corrected chi connectivity index (χ4v) is 7.12. The van der Waals surface area contributed by atoms with Gasteiger partial charge in [0, 0.05) is 24.7 Å². The Morgan fingerprint density at radius 2 is 1.75 bits per heavy atom. The summed E-state index contributed by atoms with van der Waals surface area (Å²) in [5.74, 6) is 2.31. The summed E-state index contributed by atoms with van der Waals surface area (Å²) >= 11 is 0. The fourth-order valence-electron chi connectivity index (χ4n) is 7.12. The predicted octanol–water partition coefficient (Wildman–Crippen LogP) is 4.26. The molecule has 0 N–H and O–H groups in total. The van der Waals surface area contributed by atoms with Gasteiger partial charge >= 0.3 is 0 Å². The lowest BCUT2D eigenvalue weighted by molar-refractivity contribution is -0.185. The molecule has 0 amide bonds. The summed E-state index contributed by atoms with van der Waals surface area (Å²) in [5.41, 5.74) is 1.87. The van der Waals surface area contributed by atoms with E-state index >= 15 is 0 Å². The second-order valence-corrected chi connectivity index (χ2v) is 9.46. The van der Waals surface area contributed by atoms with Crippen LogP contribution in [0.5, 0.6) is 0 Å². The molecule has 4 fully saturated rings. The van der Waals surface area contributed by atoms with Gasteiger partial charge in [-0.3, -0.25) is 4.79 Å². The average Bonchev–Trinajstić information content (AvgIpc) is 3.14. The molecule has 4 aliphatic carbocycles. The molecule has 5 aliphatic rings. The monoisotopic (exact) mass is 330 g/mol. The molecular formula is C21H30O3. The molecule has 1 heterocycles. The van der Waals surface area contributed by atoms with Gasteiger partial charge in [-0.1, -0.05) is 25.5 Å². The molecule has 3 unspecified atom stereocenters. The molecule has 0 aromatic carbocycles. The van der Waals surface area contributed by atoms with Gasteiger partial charge in [0.1, 0.15) is 5.78 Å². The molecule has 5 atom stereocenters. The van der Waals surface area contributed by atoms with E-state index in [0.717, 1.165) is 51.2 Å². The van der Waals surface area contributed by atoms with Gasteiger partial charge in [-0.05, 0) is 55.3 Å². The first-order chi connectivity index (χ1) is 11.5. The van der Waals surface area contributed by atoms with Gasteiger partial charge in [0.25, 0.3) is 0 Å². The smallest absolute Gasteiger partial charge is 0.172 e. The van der Waals surface area contributed by atoms with Crippen LogP contribution in [0.15, 0.2) is 11.6 Å². The van der Waals surface area contributed by atoms with E-state index in [0.29, 0.717) is 23.0 Å². The van der Waals surface area contributed by atoms with Crippen LogP contribution < -0.4 is 0 Å². The molecule has 0 aromatic rings. The fraction of sp³-hybridized carbons (Fsp3) is 0.857. The summed E-state index contributed by atoms with van der Waals surface area (Å²) in [5, 5.41) is 0. The number of rotatable bonds is 0. The van der Waals surface area contributed by atoms with Crippen molar-refractivity contribution in [3.05, 3.63) is 11.6 Å². The molecule has 5 rings (SSSR count). The normalized spacial score (nSPS) is 49.5. The second kappa shape index (κ2) is 4.94. The summed E-state index contributed by atoms with van der Waals surface area (Å²) in [4.78, 5) is 12.5. The van der Waals surface area contributed by atoms with Crippen molar-refractivity contribution in [2.45, 2.75) is 71.0 Å². The van der Waals surface area contributed by atoms with Crippen molar-refractivity contribution in [2.75, 3.05) is 13.2 Å². The van der Waals surface area contributed by atoms with E-state index < -0.39 is 0 Å². The molecule has 1 saturated heterocycles. The van der Waals surface area contributed by atoms with E-state index in [1.807, 2.05) is 0 Å². The molecule has 1 spiro atoms. The molecule has 0 radical (unpaired) electrons. The third kappa shape index (κ3) is 1.89. The number of carbonyl (C=O) groups excluding carboxylic acids is 1. The standard InChI is InChI=1S/C21H30O3/c1-19-9-10-21(23-11-12-24-21)13-14(19)3-4-15-16-5-6-18(22)20(16,2)8-7-17(15)19/h3,15-17H,4-13H2,1-2H3/t15?,16?,17?,19-,20+/m1/s1. The second-order valence-electron chi connectivity index (χ2n) is 9.46. The quantitative estimate of drug-likeness (QED) is 0.623. The van der Waals surface area contributed by atoms with Crippen LogP contribution in [-0.4, -0.2) is 24.8 Å². The number of ether oxygens (including phenoxy) is 2. The maximum absolute atomic E-state index is 12.5. The van der Waals surface area contributed by atoms with Gasteiger partial charge in [-0.2, -0.15) is 0 Å². The highest BCUT2D eigenvalue weighted by Crippen LogP contribution is 2.65. The van der Waals surface area contributed by atoms with Crippen LogP contribution >= 0.6 is 0 Å². The lowest BCUT2D eigenvalue weighted by Crippen LogP contribution is -2.52. The van der Waals surface area contributed by atoms with Crippen molar-refractivity contribution < 1.29 is 14.3 Å². The van der Waals surface area contributed by atoms with Gasteiger partial charge < -0.3 is 9.47 Å². The molecule has 3 nitrogen and oxygen atoms in total. The molecular weight excluding hydrogens is 300 g/mol. The molecule has 1 aliphatic heterocycles. The number of carbonyl (C=O) groups is 1. The highest BCUT2D eigenvalue weighted by molar-refractivity contribution is 5.87. The van der Waals surface area contributed by atoms with E-state index in [2.05, 4.69) is 19.9 Å². The van der Waals surface area contributed by atoms with Crippen molar-refractivity contribution in [3.8, 4) is 0 Å². The van der Waals surface area contributed by atoms with Crippen LogP contribution in [0, 0.1) is 28.6 Å². The Balaban J connectivity index is 1.47. The Morgan fingerprint density at radius 1 is 1.00 bits per heavy atom. The summed E-state index contributed by atoms with van der Waals surface area (Å²) < 4.78 is 12.0. The summed E-state index contributed by atoms with van der Waals surface area (Å²) in [6.45, 7) is 6.26. The average molecular weight is 330 g/mol. The Morgan fingerprint density at radius 3 is 2.54 bits per heavy atom. The highest BCUT2D eigenvalue weighted by atomic mass is 16.7. The minimum atomic E-state index is -0.315. The Kier molecular flexibility index (Phi) is 3.21. The zero-order chi connectivity index (χ0) is 16.6. The number of hydrogen-bond donors (Lipinski definition) is 0. The molecule has 3 saturated carbocycles. The van der Waals surface area contributed by atoms with Gasteiger partial charge in [-0.15, -0.1) is 0 Å². The zero-order valence-corrected chi connectivity index (χ0v) is 15.1. The van der Waals surface area contributed by atoms with E-state index in [-0.39, 0.29) is 11.2 Å². The molecule has 0 aromatic heterocycles. The molecule has 3 heteroatoms. The topological polar surface area (TPSA) is 35.5 Å². The van der Waals surface area contributed by atoms with E-state index in [1.165, 1.54) is 19.3 Å². The Labute approximate surface area is 145 Å². The van der Waals surface area contributed by atoms with Crippen molar-refractivity contribution in [1.29, 1.82) is 0 Å². The maximum atomic E-state index is 12.5. The minimum Gasteiger partial charge on any atom is -0.347 e. The minimum absolute atomic E-state index is 0.0174. The highest BCUT2D eigenvalue weighted by Gasteiger charge is 2.60. The lowest BCUT2D eigenvalue weighted by atomic mass is 9.48. The van der Waals surface area contributed by atoms with Crippen LogP contribution in [0.2, 0.25) is 0 Å². The van der Waals surface area contributed by atoms with Gasteiger partial charge in [0.15, 0.2) is 5.79 Å². The molecule has 0 bridgehead atoms. The first kappa shape index (κ1) is 15.6. The SMILES string of the molecule is C[C@]12CCC3C(CC=C4CC5(CC[C@]43C)OCCO5)C1CCC2=O. The van der Waals surface area contributed by atoms with Gasteiger partial charge in [0.05, 0.1) is 13.2 Å². The Hall–Kier alpha value is -0.670. The van der Waals surface area contributed by atoms with Crippen LogP contribution in [0.25, 0.3) is 0 Å². The van der Waals surface area contributed by atoms with Crippen molar-refractivity contribution in [1.82, 2.24) is 0 Å². The van der Waals surface area contributed by atoms with E-state index in [9.17, 15) is 4.79 Å². The van der Waals surface area contributed by atoms with Crippen LogP contribution in [0.4, 0.5) is 0 Å². The lowest BCUT2D eigenvalue weighted by Gasteiger charge is -2.57. The summed E-state index contributed by atoms with van der Waals surface area (Å²) in [6.07, 6.45) is 11.1. The zero-order valence-electron chi connectivity index (χ0n) is 15.1.